The minimum atomic E-state index is 0.499. The molecule has 0 aromatic rings. The highest BCUT2D eigenvalue weighted by atomic mass is 16.5. The number of hydrogen-bond acceptors (Lipinski definition) is 3. The second-order valence-electron chi connectivity index (χ2n) is 6.40. The first-order valence-corrected chi connectivity index (χ1v) is 8.22. The van der Waals surface area contributed by atoms with Crippen molar-refractivity contribution in [1.29, 1.82) is 0 Å². The molecule has 0 radical (unpaired) electrons. The molecule has 1 aliphatic heterocycles. The van der Waals surface area contributed by atoms with E-state index in [0.717, 1.165) is 12.0 Å². The maximum absolute atomic E-state index is 5.50. The third-order valence-corrected chi connectivity index (χ3v) is 5.27. The Labute approximate surface area is 119 Å². The monoisotopic (exact) mass is 268 g/mol. The van der Waals surface area contributed by atoms with Gasteiger partial charge in [-0.15, -0.1) is 0 Å². The maximum atomic E-state index is 5.50. The number of nitrogens with zero attached hydrogens (tertiary/aromatic N) is 1. The molecule has 2 fully saturated rings. The Morgan fingerprint density at radius 3 is 2.47 bits per heavy atom. The minimum Gasteiger partial charge on any atom is -0.381 e. The van der Waals surface area contributed by atoms with Crippen LogP contribution in [0.2, 0.25) is 0 Å². The first-order chi connectivity index (χ1) is 9.28. The Balaban J connectivity index is 1.90. The molecular weight excluding hydrogens is 236 g/mol. The van der Waals surface area contributed by atoms with E-state index in [1.165, 1.54) is 58.0 Å². The minimum absolute atomic E-state index is 0.499. The molecule has 112 valence electrons. The van der Waals surface area contributed by atoms with Crippen LogP contribution >= 0.6 is 0 Å². The third-order valence-electron chi connectivity index (χ3n) is 5.27. The maximum Gasteiger partial charge on any atom is 0.0595 e. The molecule has 2 aliphatic rings. The van der Waals surface area contributed by atoms with E-state index in [-0.39, 0.29) is 0 Å². The molecule has 1 saturated carbocycles. The van der Waals surface area contributed by atoms with E-state index in [1.807, 2.05) is 7.11 Å². The van der Waals surface area contributed by atoms with Crippen LogP contribution in [0.25, 0.3) is 0 Å². The van der Waals surface area contributed by atoms with Crippen LogP contribution in [0.1, 0.15) is 51.9 Å². The summed E-state index contributed by atoms with van der Waals surface area (Å²) in [5.74, 6) is 0.958. The van der Waals surface area contributed by atoms with Crippen LogP contribution in [-0.2, 0) is 4.74 Å². The number of piperidine rings is 1. The standard InChI is InChI=1S/C16H32N2O/c1-4-5-13-6-7-15(17-2)16(12-13)18-10-8-14(19-3)9-11-18/h13-17H,4-12H2,1-3H3. The van der Waals surface area contributed by atoms with Gasteiger partial charge in [-0.05, 0) is 45.1 Å². The predicted octanol–water partition coefficient (Wildman–Crippen LogP) is 2.65. The lowest BCUT2D eigenvalue weighted by atomic mass is 9.79. The number of likely N-dealkylation sites (tertiary alicyclic amines) is 1. The highest BCUT2D eigenvalue weighted by Gasteiger charge is 2.34. The summed E-state index contributed by atoms with van der Waals surface area (Å²) in [6.45, 7) is 4.77. The molecule has 1 heterocycles. The Morgan fingerprint density at radius 1 is 1.16 bits per heavy atom. The summed E-state index contributed by atoms with van der Waals surface area (Å²) in [6.07, 6.45) is 9.86. The van der Waals surface area contributed by atoms with Gasteiger partial charge in [0.2, 0.25) is 0 Å². The molecule has 3 nitrogen and oxygen atoms in total. The summed E-state index contributed by atoms with van der Waals surface area (Å²) in [4.78, 5) is 2.73. The van der Waals surface area contributed by atoms with E-state index in [9.17, 15) is 0 Å². The molecule has 1 saturated heterocycles. The van der Waals surface area contributed by atoms with Crippen molar-refractivity contribution in [2.75, 3.05) is 27.2 Å². The molecule has 1 aliphatic carbocycles. The van der Waals surface area contributed by atoms with Gasteiger partial charge in [-0.1, -0.05) is 19.8 Å². The Hall–Kier alpha value is -0.120. The molecule has 3 heteroatoms. The molecule has 0 aromatic carbocycles. The van der Waals surface area contributed by atoms with E-state index in [4.69, 9.17) is 4.74 Å². The van der Waals surface area contributed by atoms with Gasteiger partial charge >= 0.3 is 0 Å². The fraction of sp³-hybridized carbons (Fsp3) is 1.00. The van der Waals surface area contributed by atoms with Crippen LogP contribution in [0.3, 0.4) is 0 Å². The smallest absolute Gasteiger partial charge is 0.0595 e. The Bertz CT molecular complexity index is 251. The molecule has 3 unspecified atom stereocenters. The number of rotatable bonds is 5. The topological polar surface area (TPSA) is 24.5 Å². The lowest BCUT2D eigenvalue weighted by molar-refractivity contribution is 0.00798. The van der Waals surface area contributed by atoms with Gasteiger partial charge in [-0.2, -0.15) is 0 Å². The quantitative estimate of drug-likeness (QED) is 0.829. The zero-order valence-electron chi connectivity index (χ0n) is 13.0. The number of ether oxygens (including phenoxy) is 1. The van der Waals surface area contributed by atoms with Crippen LogP contribution < -0.4 is 5.32 Å². The Morgan fingerprint density at radius 2 is 1.89 bits per heavy atom. The molecular formula is C16H32N2O. The first-order valence-electron chi connectivity index (χ1n) is 8.22. The van der Waals surface area contributed by atoms with Crippen molar-refractivity contribution in [3.05, 3.63) is 0 Å². The van der Waals surface area contributed by atoms with Crippen LogP contribution in [0.15, 0.2) is 0 Å². The molecule has 0 spiro atoms. The van der Waals surface area contributed by atoms with Crippen LogP contribution in [-0.4, -0.2) is 50.3 Å². The van der Waals surface area contributed by atoms with E-state index in [1.54, 1.807) is 0 Å². The van der Waals surface area contributed by atoms with Gasteiger partial charge in [0, 0.05) is 32.3 Å². The molecule has 0 bridgehead atoms. The van der Waals surface area contributed by atoms with Crippen molar-refractivity contribution in [3.63, 3.8) is 0 Å². The fourth-order valence-electron chi connectivity index (χ4n) is 4.09. The number of likely N-dealkylation sites (N-methyl/N-ethyl adjacent to an activating group) is 1. The molecule has 3 atom stereocenters. The van der Waals surface area contributed by atoms with Gasteiger partial charge in [0.25, 0.3) is 0 Å². The van der Waals surface area contributed by atoms with Crippen molar-refractivity contribution < 1.29 is 4.74 Å². The van der Waals surface area contributed by atoms with E-state index < -0.39 is 0 Å². The zero-order valence-corrected chi connectivity index (χ0v) is 13.0. The van der Waals surface area contributed by atoms with Gasteiger partial charge < -0.3 is 10.1 Å². The SMILES string of the molecule is CCCC1CCC(NC)C(N2CCC(OC)CC2)C1. The number of methoxy groups -OCH3 is 1. The first kappa shape index (κ1) is 15.3. The fourth-order valence-corrected chi connectivity index (χ4v) is 4.09. The highest BCUT2D eigenvalue weighted by molar-refractivity contribution is 4.92. The lowest BCUT2D eigenvalue weighted by Crippen LogP contribution is -2.55. The molecule has 19 heavy (non-hydrogen) atoms. The van der Waals surface area contributed by atoms with Gasteiger partial charge in [0.15, 0.2) is 0 Å². The predicted molar refractivity (Wildman–Crippen MR) is 80.5 cm³/mol. The van der Waals surface area contributed by atoms with Gasteiger partial charge in [0.1, 0.15) is 0 Å². The van der Waals surface area contributed by atoms with E-state index in [0.29, 0.717) is 12.1 Å². The van der Waals surface area contributed by atoms with Crippen LogP contribution in [0.5, 0.6) is 0 Å². The molecule has 0 amide bonds. The summed E-state index contributed by atoms with van der Waals surface area (Å²) >= 11 is 0. The van der Waals surface area contributed by atoms with Crippen molar-refractivity contribution in [1.82, 2.24) is 10.2 Å². The second-order valence-corrected chi connectivity index (χ2v) is 6.40. The molecule has 1 N–H and O–H groups in total. The average molecular weight is 268 g/mol. The second kappa shape index (κ2) is 7.61. The normalized spacial score (nSPS) is 34.6. The van der Waals surface area contributed by atoms with Crippen molar-refractivity contribution in [2.45, 2.75) is 70.1 Å². The van der Waals surface area contributed by atoms with Crippen molar-refractivity contribution >= 4 is 0 Å². The lowest BCUT2D eigenvalue weighted by Gasteiger charge is -2.45. The summed E-state index contributed by atoms with van der Waals surface area (Å²) < 4.78 is 5.50. The molecule has 0 aromatic heterocycles. The van der Waals surface area contributed by atoms with Gasteiger partial charge in [-0.25, -0.2) is 0 Å². The van der Waals surface area contributed by atoms with Gasteiger partial charge in [0.05, 0.1) is 6.10 Å². The van der Waals surface area contributed by atoms with Crippen molar-refractivity contribution in [3.8, 4) is 0 Å². The molecule has 2 rings (SSSR count). The van der Waals surface area contributed by atoms with Crippen LogP contribution in [0.4, 0.5) is 0 Å². The van der Waals surface area contributed by atoms with Crippen LogP contribution in [0, 0.1) is 5.92 Å². The highest BCUT2D eigenvalue weighted by Crippen LogP contribution is 2.32. The number of hydrogen-bond donors (Lipinski definition) is 1. The Kier molecular flexibility index (Phi) is 6.11. The summed E-state index contributed by atoms with van der Waals surface area (Å²) in [5.41, 5.74) is 0. The zero-order chi connectivity index (χ0) is 13.7. The van der Waals surface area contributed by atoms with E-state index in [2.05, 4.69) is 24.2 Å². The summed E-state index contributed by atoms with van der Waals surface area (Å²) in [6, 6.07) is 1.46. The van der Waals surface area contributed by atoms with Gasteiger partial charge in [-0.3, -0.25) is 4.90 Å². The van der Waals surface area contributed by atoms with E-state index >= 15 is 0 Å². The largest absolute Gasteiger partial charge is 0.381 e. The number of nitrogens with one attached hydrogen (secondary N) is 1. The summed E-state index contributed by atoms with van der Waals surface area (Å²) in [5, 5.41) is 3.57. The average Bonchev–Trinajstić information content (AvgIpc) is 2.47. The third kappa shape index (κ3) is 3.93. The summed E-state index contributed by atoms with van der Waals surface area (Å²) in [7, 11) is 3.99. The van der Waals surface area contributed by atoms with Crippen molar-refractivity contribution in [2.24, 2.45) is 5.92 Å².